The maximum Gasteiger partial charge on any atom is 0.137 e. The number of hydrogen-bond donors (Lipinski definition) is 1. The lowest BCUT2D eigenvalue weighted by molar-refractivity contribution is 0.480. The molecule has 0 bridgehead atoms. The van der Waals surface area contributed by atoms with Crippen LogP contribution < -0.4 is 5.32 Å². The summed E-state index contributed by atoms with van der Waals surface area (Å²) in [5.41, 5.74) is 1.21. The van der Waals surface area contributed by atoms with E-state index in [1.54, 1.807) is 6.07 Å². The molecule has 0 spiro atoms. The van der Waals surface area contributed by atoms with Gasteiger partial charge in [-0.25, -0.2) is 4.39 Å². The quantitative estimate of drug-likeness (QED) is 0.878. The fraction of sp³-hybridized carbons (Fsp3) is 0.600. The van der Waals surface area contributed by atoms with Crippen LogP contribution in [-0.4, -0.2) is 7.05 Å². The first-order chi connectivity index (χ1) is 8.72. The molecule has 1 aromatic rings. The second-order valence-corrected chi connectivity index (χ2v) is 6.48. The van der Waals surface area contributed by atoms with E-state index in [1.165, 1.54) is 31.2 Å². The van der Waals surface area contributed by atoms with Crippen LogP contribution in [0, 0.1) is 23.6 Å². The molecule has 3 atom stereocenters. The topological polar surface area (TPSA) is 12.0 Å². The lowest BCUT2D eigenvalue weighted by Crippen LogP contribution is -2.20. The maximum absolute atomic E-state index is 13.3. The molecule has 2 fully saturated rings. The van der Waals surface area contributed by atoms with E-state index >= 15 is 0 Å². The van der Waals surface area contributed by atoms with E-state index in [2.05, 4.69) is 21.2 Å². The van der Waals surface area contributed by atoms with E-state index in [1.807, 2.05) is 19.2 Å². The molecular weight excluding hydrogens is 293 g/mol. The summed E-state index contributed by atoms with van der Waals surface area (Å²) in [7, 11) is 2.02. The van der Waals surface area contributed by atoms with Crippen molar-refractivity contribution >= 4 is 15.9 Å². The molecule has 98 valence electrons. The Balaban J connectivity index is 1.82. The minimum atomic E-state index is -0.179. The number of hydrogen-bond acceptors (Lipinski definition) is 1. The van der Waals surface area contributed by atoms with Gasteiger partial charge >= 0.3 is 0 Å². The molecule has 1 aromatic carbocycles. The Labute approximate surface area is 116 Å². The standard InChI is InChI=1S/C15H19BrFN/c1-18-15(9-6-7-13(17)12(16)8-9)14-10-4-2-3-5-11(10)14/h6-8,10-11,14-15,18H,2-5H2,1H3. The van der Waals surface area contributed by atoms with Gasteiger partial charge in [0.25, 0.3) is 0 Å². The highest BCUT2D eigenvalue weighted by Crippen LogP contribution is 2.60. The summed E-state index contributed by atoms with van der Waals surface area (Å²) < 4.78 is 13.9. The van der Waals surface area contributed by atoms with Crippen LogP contribution in [0.15, 0.2) is 22.7 Å². The first-order valence-corrected chi connectivity index (χ1v) is 7.64. The Morgan fingerprint density at radius 2 is 1.94 bits per heavy atom. The summed E-state index contributed by atoms with van der Waals surface area (Å²) in [6.45, 7) is 0. The van der Waals surface area contributed by atoms with Gasteiger partial charge in [-0.05, 0) is 71.3 Å². The number of rotatable bonds is 3. The van der Waals surface area contributed by atoms with Gasteiger partial charge < -0.3 is 5.32 Å². The van der Waals surface area contributed by atoms with Crippen molar-refractivity contribution in [3.8, 4) is 0 Å². The van der Waals surface area contributed by atoms with Gasteiger partial charge in [0, 0.05) is 6.04 Å². The highest BCUT2D eigenvalue weighted by Gasteiger charge is 2.53. The van der Waals surface area contributed by atoms with Crippen LogP contribution in [0.25, 0.3) is 0 Å². The minimum absolute atomic E-state index is 0.179. The van der Waals surface area contributed by atoms with Crippen LogP contribution >= 0.6 is 15.9 Å². The summed E-state index contributed by atoms with van der Waals surface area (Å²) in [5, 5.41) is 3.44. The van der Waals surface area contributed by atoms with Gasteiger partial charge in [-0.3, -0.25) is 0 Å². The van der Waals surface area contributed by atoms with E-state index < -0.39 is 0 Å². The third kappa shape index (κ3) is 2.12. The van der Waals surface area contributed by atoms with Crippen LogP contribution in [0.4, 0.5) is 4.39 Å². The van der Waals surface area contributed by atoms with Gasteiger partial charge in [-0.2, -0.15) is 0 Å². The molecule has 0 aliphatic heterocycles. The van der Waals surface area contributed by atoms with Crippen molar-refractivity contribution in [3.63, 3.8) is 0 Å². The van der Waals surface area contributed by atoms with Crippen LogP contribution in [0.2, 0.25) is 0 Å². The van der Waals surface area contributed by atoms with E-state index in [4.69, 9.17) is 0 Å². The van der Waals surface area contributed by atoms with Crippen molar-refractivity contribution in [2.24, 2.45) is 17.8 Å². The zero-order chi connectivity index (χ0) is 12.7. The minimum Gasteiger partial charge on any atom is -0.313 e. The first kappa shape index (κ1) is 12.6. The van der Waals surface area contributed by atoms with Crippen molar-refractivity contribution in [3.05, 3.63) is 34.1 Å². The van der Waals surface area contributed by atoms with Crippen molar-refractivity contribution in [1.82, 2.24) is 5.32 Å². The molecule has 0 amide bonds. The highest BCUT2D eigenvalue weighted by molar-refractivity contribution is 9.10. The fourth-order valence-corrected chi connectivity index (χ4v) is 4.23. The molecule has 2 aliphatic rings. The summed E-state index contributed by atoms with van der Waals surface area (Å²) in [6.07, 6.45) is 5.55. The predicted octanol–water partition coefficient (Wildman–Crippen LogP) is 4.28. The van der Waals surface area contributed by atoms with Gasteiger partial charge in [-0.15, -0.1) is 0 Å². The van der Waals surface area contributed by atoms with Crippen LogP contribution in [0.1, 0.15) is 37.3 Å². The third-order valence-corrected chi connectivity index (χ3v) is 5.33. The first-order valence-electron chi connectivity index (χ1n) is 6.84. The molecule has 0 radical (unpaired) electrons. The van der Waals surface area contributed by atoms with E-state index in [0.717, 1.165) is 17.8 Å². The van der Waals surface area contributed by atoms with E-state index in [-0.39, 0.29) is 5.82 Å². The summed E-state index contributed by atoms with van der Waals surface area (Å²) in [5.74, 6) is 2.39. The molecule has 1 N–H and O–H groups in total. The molecule has 3 heteroatoms. The largest absolute Gasteiger partial charge is 0.313 e. The average Bonchev–Trinajstić information content (AvgIpc) is 3.09. The normalized spacial score (nSPS) is 31.8. The molecule has 3 unspecified atom stereocenters. The smallest absolute Gasteiger partial charge is 0.137 e. The molecule has 18 heavy (non-hydrogen) atoms. The Kier molecular flexibility index (Phi) is 3.46. The van der Waals surface area contributed by atoms with Crippen LogP contribution in [0.5, 0.6) is 0 Å². The SMILES string of the molecule is CNC(c1ccc(F)c(Br)c1)C1C2CCCCC21. The fourth-order valence-electron chi connectivity index (χ4n) is 3.83. The molecule has 0 aromatic heterocycles. The van der Waals surface area contributed by atoms with Gasteiger partial charge in [0.1, 0.15) is 5.82 Å². The molecule has 2 saturated carbocycles. The molecule has 0 saturated heterocycles. The van der Waals surface area contributed by atoms with Crippen molar-refractivity contribution in [1.29, 1.82) is 0 Å². The maximum atomic E-state index is 13.3. The van der Waals surface area contributed by atoms with Crippen molar-refractivity contribution < 1.29 is 4.39 Å². The lowest BCUT2D eigenvalue weighted by Gasteiger charge is -2.17. The monoisotopic (exact) mass is 311 g/mol. The Morgan fingerprint density at radius 1 is 1.28 bits per heavy atom. The number of benzene rings is 1. The van der Waals surface area contributed by atoms with Gasteiger partial charge in [0.2, 0.25) is 0 Å². The van der Waals surface area contributed by atoms with Gasteiger partial charge in [-0.1, -0.05) is 18.9 Å². The lowest BCUT2D eigenvalue weighted by atomic mass is 10.00. The molecular formula is C15H19BrFN. The van der Waals surface area contributed by atoms with E-state index in [9.17, 15) is 4.39 Å². The number of halogens is 2. The van der Waals surface area contributed by atoms with Crippen molar-refractivity contribution in [2.75, 3.05) is 7.05 Å². The average molecular weight is 312 g/mol. The van der Waals surface area contributed by atoms with Gasteiger partial charge in [0.15, 0.2) is 0 Å². The summed E-state index contributed by atoms with van der Waals surface area (Å²) in [4.78, 5) is 0. The third-order valence-electron chi connectivity index (χ3n) is 4.72. The second kappa shape index (κ2) is 4.93. The predicted molar refractivity (Wildman–Crippen MR) is 74.8 cm³/mol. The summed E-state index contributed by atoms with van der Waals surface area (Å²) in [6, 6.07) is 5.80. The Morgan fingerprint density at radius 3 is 2.50 bits per heavy atom. The number of nitrogens with one attached hydrogen (secondary N) is 1. The van der Waals surface area contributed by atoms with E-state index in [0.29, 0.717) is 10.5 Å². The number of fused-ring (bicyclic) bond motifs is 1. The molecule has 3 rings (SSSR count). The Bertz CT molecular complexity index is 436. The molecule has 2 aliphatic carbocycles. The zero-order valence-electron chi connectivity index (χ0n) is 10.6. The Hall–Kier alpha value is -0.410. The van der Waals surface area contributed by atoms with Gasteiger partial charge in [0.05, 0.1) is 4.47 Å². The highest BCUT2D eigenvalue weighted by atomic mass is 79.9. The molecule has 0 heterocycles. The van der Waals surface area contributed by atoms with Crippen LogP contribution in [0.3, 0.4) is 0 Å². The van der Waals surface area contributed by atoms with Crippen LogP contribution in [-0.2, 0) is 0 Å². The van der Waals surface area contributed by atoms with Crippen molar-refractivity contribution in [2.45, 2.75) is 31.7 Å². The summed E-state index contributed by atoms with van der Waals surface area (Å²) >= 11 is 3.29. The molecule has 1 nitrogen and oxygen atoms in total. The zero-order valence-corrected chi connectivity index (χ0v) is 12.2. The second-order valence-electron chi connectivity index (χ2n) is 5.63.